The van der Waals surface area contributed by atoms with Crippen molar-refractivity contribution < 1.29 is 33.1 Å². The molecule has 1 fully saturated rings. The highest BCUT2D eigenvalue weighted by atomic mass is 31.1. The van der Waals surface area contributed by atoms with Crippen LogP contribution in [0.3, 0.4) is 0 Å². The first-order valence-corrected chi connectivity index (χ1v) is 11.2. The number of carbonyl (C=O) groups excluding carboxylic acids is 2. The first kappa shape index (κ1) is 22.8. The van der Waals surface area contributed by atoms with E-state index in [4.69, 9.17) is 18.9 Å². The van der Waals surface area contributed by atoms with Crippen molar-refractivity contribution in [2.75, 3.05) is 28.4 Å². The number of carbonyl (C=O) groups is 2. The fourth-order valence-corrected chi connectivity index (χ4v) is 5.92. The van der Waals surface area contributed by atoms with Gasteiger partial charge in [0, 0.05) is 18.9 Å². The van der Waals surface area contributed by atoms with Crippen molar-refractivity contribution in [3.8, 4) is 23.0 Å². The first-order chi connectivity index (χ1) is 14.9. The normalized spacial score (nSPS) is 15.2. The summed E-state index contributed by atoms with van der Waals surface area (Å²) in [4.78, 5) is 27.2. The van der Waals surface area contributed by atoms with E-state index in [2.05, 4.69) is 0 Å². The van der Waals surface area contributed by atoms with E-state index in [1.807, 2.05) is 0 Å². The minimum Gasteiger partial charge on any atom is -0.497 e. The predicted octanol–water partition coefficient (Wildman–Crippen LogP) is 4.88. The molecule has 3 rings (SSSR count). The minimum absolute atomic E-state index is 0.0920. The van der Waals surface area contributed by atoms with Gasteiger partial charge in [-0.2, -0.15) is 0 Å². The van der Waals surface area contributed by atoms with Crippen molar-refractivity contribution in [3.05, 3.63) is 47.5 Å². The highest BCUT2D eigenvalue weighted by Crippen LogP contribution is 2.55. The smallest absolute Gasteiger partial charge is 0.434 e. The SMILES string of the molecule is COc1ccc(C(=O)C2([P+](=O)C(=O)c3c(OC)cccc3OC)CCCC2)c(OC)c1. The van der Waals surface area contributed by atoms with Crippen LogP contribution in [0.1, 0.15) is 46.4 Å². The molecule has 31 heavy (non-hydrogen) atoms. The molecule has 0 aromatic heterocycles. The molecule has 8 heteroatoms. The van der Waals surface area contributed by atoms with Gasteiger partial charge in [-0.3, -0.25) is 4.79 Å². The molecule has 0 heterocycles. The quantitative estimate of drug-likeness (QED) is 0.401. The standard InChI is InChI=1S/C23H26O7P/c1-27-15-10-11-16(19(14-15)30-4)21(24)23(12-5-6-13-23)31(26)22(25)20-17(28-2)8-7-9-18(20)29-3/h7-11,14H,5-6,12-13H2,1-4H3/q+1. The minimum atomic E-state index is -2.62. The van der Waals surface area contributed by atoms with Crippen molar-refractivity contribution >= 4 is 19.1 Å². The maximum atomic E-state index is 13.7. The molecule has 2 aromatic rings. The molecule has 0 bridgehead atoms. The third-order valence-electron chi connectivity index (χ3n) is 5.72. The maximum Gasteiger partial charge on any atom is 0.434 e. The van der Waals surface area contributed by atoms with E-state index >= 15 is 0 Å². The summed E-state index contributed by atoms with van der Waals surface area (Å²) in [5, 5.41) is -1.31. The Morgan fingerprint density at radius 1 is 0.839 bits per heavy atom. The average molecular weight is 445 g/mol. The molecule has 0 aliphatic heterocycles. The van der Waals surface area contributed by atoms with Crippen LogP contribution in [-0.4, -0.2) is 44.9 Å². The molecule has 0 amide bonds. The molecule has 0 N–H and O–H groups in total. The molecule has 1 atom stereocenters. The van der Waals surface area contributed by atoms with Gasteiger partial charge in [0.2, 0.25) is 10.9 Å². The zero-order valence-corrected chi connectivity index (χ0v) is 19.0. The Kier molecular flexibility index (Phi) is 6.96. The third kappa shape index (κ3) is 4.02. The summed E-state index contributed by atoms with van der Waals surface area (Å²) in [5.41, 5.74) is -0.269. The van der Waals surface area contributed by atoms with Crippen LogP contribution in [0.15, 0.2) is 36.4 Å². The lowest BCUT2D eigenvalue weighted by atomic mass is 9.94. The Balaban J connectivity index is 2.07. The molecule has 1 saturated carbocycles. The summed E-state index contributed by atoms with van der Waals surface area (Å²) in [6.45, 7) is 0. The summed E-state index contributed by atoms with van der Waals surface area (Å²) in [7, 11) is 3.21. The fourth-order valence-electron chi connectivity index (χ4n) is 4.08. The summed E-state index contributed by atoms with van der Waals surface area (Å²) < 4.78 is 35.0. The highest BCUT2D eigenvalue weighted by Gasteiger charge is 2.62. The van der Waals surface area contributed by atoms with Gasteiger partial charge in [-0.05, 0) is 37.1 Å². The van der Waals surface area contributed by atoms with Crippen molar-refractivity contribution in [2.45, 2.75) is 30.8 Å². The molecule has 1 aliphatic rings. The molecule has 0 radical (unpaired) electrons. The lowest BCUT2D eigenvalue weighted by molar-refractivity contribution is 0.0927. The van der Waals surface area contributed by atoms with E-state index in [1.165, 1.54) is 28.4 Å². The molecule has 2 aromatic carbocycles. The third-order valence-corrected chi connectivity index (χ3v) is 7.74. The molecule has 164 valence electrons. The van der Waals surface area contributed by atoms with Crippen molar-refractivity contribution in [1.29, 1.82) is 0 Å². The van der Waals surface area contributed by atoms with Crippen LogP contribution in [0.5, 0.6) is 23.0 Å². The van der Waals surface area contributed by atoms with Gasteiger partial charge >= 0.3 is 13.3 Å². The predicted molar refractivity (Wildman–Crippen MR) is 117 cm³/mol. The number of benzene rings is 2. The Hall–Kier alpha value is -2.92. The Morgan fingerprint density at radius 3 is 1.94 bits per heavy atom. The number of hydrogen-bond acceptors (Lipinski definition) is 7. The van der Waals surface area contributed by atoms with Crippen LogP contribution < -0.4 is 18.9 Å². The number of hydrogen-bond donors (Lipinski definition) is 0. The van der Waals surface area contributed by atoms with Crippen LogP contribution in [0.25, 0.3) is 0 Å². The lowest BCUT2D eigenvalue weighted by Gasteiger charge is -2.19. The van der Waals surface area contributed by atoms with E-state index in [1.54, 1.807) is 36.4 Å². The van der Waals surface area contributed by atoms with Crippen LogP contribution in [-0.2, 0) is 4.57 Å². The Labute approximate surface area is 182 Å². The summed E-state index contributed by atoms with van der Waals surface area (Å²) in [6, 6.07) is 9.74. The molecule has 1 unspecified atom stereocenters. The zero-order chi connectivity index (χ0) is 22.6. The number of ketones is 1. The average Bonchev–Trinajstić information content (AvgIpc) is 3.32. The molecular formula is C23H26O7P+. The number of methoxy groups -OCH3 is 4. The second-order valence-corrected chi connectivity index (χ2v) is 9.12. The second kappa shape index (κ2) is 9.48. The monoisotopic (exact) mass is 445 g/mol. The van der Waals surface area contributed by atoms with Crippen LogP contribution >= 0.6 is 7.80 Å². The van der Waals surface area contributed by atoms with Gasteiger partial charge in [-0.15, -0.1) is 0 Å². The maximum absolute atomic E-state index is 13.7. The van der Waals surface area contributed by atoms with Gasteiger partial charge in [-0.1, -0.05) is 10.6 Å². The lowest BCUT2D eigenvalue weighted by Crippen LogP contribution is -2.34. The zero-order valence-electron chi connectivity index (χ0n) is 18.1. The van der Waals surface area contributed by atoms with Gasteiger partial charge in [0.1, 0.15) is 23.0 Å². The van der Waals surface area contributed by atoms with E-state index in [0.717, 1.165) is 0 Å². The summed E-state index contributed by atoms with van der Waals surface area (Å²) >= 11 is 0. The van der Waals surface area contributed by atoms with E-state index < -0.39 is 18.5 Å². The molecular weight excluding hydrogens is 419 g/mol. The van der Waals surface area contributed by atoms with Crippen LogP contribution in [0.4, 0.5) is 0 Å². The molecule has 1 aliphatic carbocycles. The van der Waals surface area contributed by atoms with Crippen LogP contribution in [0, 0.1) is 0 Å². The van der Waals surface area contributed by atoms with Gasteiger partial charge in [0.25, 0.3) is 0 Å². The van der Waals surface area contributed by atoms with Crippen LogP contribution in [0.2, 0.25) is 0 Å². The fraction of sp³-hybridized carbons (Fsp3) is 0.391. The van der Waals surface area contributed by atoms with Crippen molar-refractivity contribution in [1.82, 2.24) is 0 Å². The van der Waals surface area contributed by atoms with E-state index in [-0.39, 0.29) is 28.4 Å². The topological polar surface area (TPSA) is 88.1 Å². The number of rotatable bonds is 9. The summed E-state index contributed by atoms with van der Waals surface area (Å²) in [6.07, 6.45) is 2.14. The van der Waals surface area contributed by atoms with Crippen molar-refractivity contribution in [2.24, 2.45) is 0 Å². The van der Waals surface area contributed by atoms with E-state index in [0.29, 0.717) is 37.2 Å². The van der Waals surface area contributed by atoms with Gasteiger partial charge in [-0.25, -0.2) is 4.79 Å². The first-order valence-electron chi connectivity index (χ1n) is 9.93. The summed E-state index contributed by atoms with van der Waals surface area (Å²) in [5.74, 6) is 1.02. The highest BCUT2D eigenvalue weighted by molar-refractivity contribution is 7.67. The second-order valence-electron chi connectivity index (χ2n) is 7.27. The molecule has 0 saturated heterocycles. The number of ether oxygens (including phenoxy) is 4. The largest absolute Gasteiger partial charge is 0.497 e. The Morgan fingerprint density at radius 2 is 1.42 bits per heavy atom. The Bertz CT molecular complexity index is 987. The number of Topliss-reactive ketones (excluding diaryl/α,β-unsaturated/α-hetero) is 1. The molecule has 0 spiro atoms. The van der Waals surface area contributed by atoms with Gasteiger partial charge in [0.05, 0.1) is 34.0 Å². The van der Waals surface area contributed by atoms with Gasteiger partial charge < -0.3 is 18.9 Å². The molecule has 7 nitrogen and oxygen atoms in total. The van der Waals surface area contributed by atoms with E-state index in [9.17, 15) is 14.2 Å². The van der Waals surface area contributed by atoms with Gasteiger partial charge in [0.15, 0.2) is 5.56 Å². The van der Waals surface area contributed by atoms with Crippen molar-refractivity contribution in [3.63, 3.8) is 0 Å².